The molecule has 1 amide bonds. The molecule has 0 aliphatic carbocycles. The third-order valence-electron chi connectivity index (χ3n) is 3.03. The molecule has 2 aromatic carbocycles. The van der Waals surface area contributed by atoms with Gasteiger partial charge in [0.2, 0.25) is 0 Å². The van der Waals surface area contributed by atoms with Crippen molar-refractivity contribution in [2.45, 2.75) is 0 Å². The van der Waals surface area contributed by atoms with Gasteiger partial charge in [-0.2, -0.15) is 0 Å². The molecule has 0 bridgehead atoms. The van der Waals surface area contributed by atoms with E-state index in [1.165, 1.54) is 6.07 Å². The smallest absolute Gasteiger partial charge is 0.255 e. The number of carbonyl (C=O) groups excluding carboxylic acids is 1. The molecule has 1 aliphatic heterocycles. The van der Waals surface area contributed by atoms with E-state index in [1.807, 2.05) is 30.3 Å². The molecule has 2 aromatic rings. The van der Waals surface area contributed by atoms with Gasteiger partial charge in [-0.25, -0.2) is 0 Å². The van der Waals surface area contributed by atoms with E-state index in [0.717, 1.165) is 11.3 Å². The van der Waals surface area contributed by atoms with Crippen LogP contribution in [0.25, 0.3) is 6.08 Å². The monoisotopic (exact) mass is 267 g/mol. The topological polar surface area (TPSA) is 58.6 Å². The Morgan fingerprint density at radius 2 is 2.00 bits per heavy atom. The number of carbonyl (C=O) groups is 1. The van der Waals surface area contributed by atoms with Gasteiger partial charge in [0.05, 0.1) is 5.57 Å². The third kappa shape index (κ3) is 2.49. The Morgan fingerprint density at radius 3 is 2.85 bits per heavy atom. The first-order valence-electron chi connectivity index (χ1n) is 6.25. The van der Waals surface area contributed by atoms with Crippen molar-refractivity contribution >= 4 is 17.7 Å². The number of fused-ring (bicyclic) bond motifs is 1. The minimum Gasteiger partial charge on any atom is -0.508 e. The second-order valence-electron chi connectivity index (χ2n) is 4.50. The standard InChI is InChI=1S/C16H13NO3/c18-14-6-3-5-13(9-14)17-16(19)12-8-11-4-1-2-7-15(11)20-10-12/h1-9,18H,10H2,(H,17,19). The second kappa shape index (κ2) is 5.09. The fourth-order valence-corrected chi connectivity index (χ4v) is 2.04. The maximum Gasteiger partial charge on any atom is 0.255 e. The van der Waals surface area contributed by atoms with Gasteiger partial charge in [-0.1, -0.05) is 24.3 Å². The van der Waals surface area contributed by atoms with Crippen LogP contribution in [0.15, 0.2) is 54.1 Å². The number of amides is 1. The van der Waals surface area contributed by atoms with E-state index >= 15 is 0 Å². The zero-order valence-corrected chi connectivity index (χ0v) is 10.7. The van der Waals surface area contributed by atoms with Crippen LogP contribution in [0.3, 0.4) is 0 Å². The highest BCUT2D eigenvalue weighted by Crippen LogP contribution is 2.26. The average molecular weight is 267 g/mol. The molecule has 4 nitrogen and oxygen atoms in total. The molecule has 3 rings (SSSR count). The van der Waals surface area contributed by atoms with Crippen molar-refractivity contribution in [3.8, 4) is 11.5 Å². The Bertz CT molecular complexity index is 692. The number of anilines is 1. The van der Waals surface area contributed by atoms with Crippen LogP contribution in [0.1, 0.15) is 5.56 Å². The minimum absolute atomic E-state index is 0.113. The van der Waals surface area contributed by atoms with Crippen LogP contribution in [0, 0.1) is 0 Å². The Kier molecular flexibility index (Phi) is 3.13. The number of phenols is 1. The molecule has 0 saturated carbocycles. The lowest BCUT2D eigenvalue weighted by Gasteiger charge is -2.17. The Balaban J connectivity index is 1.80. The van der Waals surface area contributed by atoms with Gasteiger partial charge in [0.1, 0.15) is 18.1 Å². The summed E-state index contributed by atoms with van der Waals surface area (Å²) in [5.41, 5.74) is 1.99. The Labute approximate surface area is 116 Å². The average Bonchev–Trinajstić information content (AvgIpc) is 2.47. The van der Waals surface area contributed by atoms with Crippen LogP contribution in [0.4, 0.5) is 5.69 Å². The van der Waals surface area contributed by atoms with E-state index in [-0.39, 0.29) is 18.3 Å². The van der Waals surface area contributed by atoms with Gasteiger partial charge in [0.15, 0.2) is 0 Å². The summed E-state index contributed by atoms with van der Waals surface area (Å²) >= 11 is 0. The molecular weight excluding hydrogens is 254 g/mol. The number of para-hydroxylation sites is 1. The predicted octanol–water partition coefficient (Wildman–Crippen LogP) is 2.81. The van der Waals surface area contributed by atoms with Crippen LogP contribution in [-0.4, -0.2) is 17.6 Å². The van der Waals surface area contributed by atoms with Gasteiger partial charge in [-0.3, -0.25) is 4.79 Å². The first-order chi connectivity index (χ1) is 9.72. The molecule has 1 heterocycles. The van der Waals surface area contributed by atoms with Gasteiger partial charge in [-0.15, -0.1) is 0 Å². The number of hydrogen-bond acceptors (Lipinski definition) is 3. The van der Waals surface area contributed by atoms with Crippen LogP contribution in [0.5, 0.6) is 11.5 Å². The highest BCUT2D eigenvalue weighted by molar-refractivity contribution is 6.07. The quantitative estimate of drug-likeness (QED) is 0.879. The third-order valence-corrected chi connectivity index (χ3v) is 3.03. The molecule has 1 aliphatic rings. The normalized spacial score (nSPS) is 12.9. The summed E-state index contributed by atoms with van der Waals surface area (Å²) in [5, 5.41) is 12.1. The maximum atomic E-state index is 12.1. The van der Waals surface area contributed by atoms with Crippen molar-refractivity contribution in [1.82, 2.24) is 0 Å². The largest absolute Gasteiger partial charge is 0.508 e. The minimum atomic E-state index is -0.231. The van der Waals surface area contributed by atoms with Crippen LogP contribution in [0.2, 0.25) is 0 Å². The zero-order valence-electron chi connectivity index (χ0n) is 10.7. The number of phenolic OH excluding ortho intramolecular Hbond substituents is 1. The highest BCUT2D eigenvalue weighted by Gasteiger charge is 2.16. The summed E-state index contributed by atoms with van der Waals surface area (Å²) in [6.45, 7) is 0.238. The molecule has 0 aromatic heterocycles. The van der Waals surface area contributed by atoms with Crippen molar-refractivity contribution in [1.29, 1.82) is 0 Å². The summed E-state index contributed by atoms with van der Waals surface area (Å²) in [6.07, 6.45) is 1.82. The first kappa shape index (κ1) is 12.3. The van der Waals surface area contributed by atoms with Gasteiger partial charge in [0.25, 0.3) is 5.91 Å². The van der Waals surface area contributed by atoms with Gasteiger partial charge >= 0.3 is 0 Å². The number of benzene rings is 2. The van der Waals surface area contributed by atoms with E-state index in [4.69, 9.17) is 4.74 Å². The molecule has 4 heteroatoms. The lowest BCUT2D eigenvalue weighted by molar-refractivity contribution is -0.113. The first-order valence-corrected chi connectivity index (χ1v) is 6.25. The van der Waals surface area contributed by atoms with Crippen molar-refractivity contribution < 1.29 is 14.6 Å². The van der Waals surface area contributed by atoms with E-state index in [2.05, 4.69) is 5.32 Å². The Hall–Kier alpha value is -2.75. The summed E-state index contributed by atoms with van der Waals surface area (Å²) in [4.78, 5) is 12.1. The summed E-state index contributed by atoms with van der Waals surface area (Å²) in [5.74, 6) is 0.661. The lowest BCUT2D eigenvalue weighted by atomic mass is 10.1. The van der Waals surface area contributed by atoms with E-state index in [1.54, 1.807) is 18.2 Å². The summed E-state index contributed by atoms with van der Waals surface area (Å²) < 4.78 is 5.54. The van der Waals surface area contributed by atoms with Crippen molar-refractivity contribution in [3.05, 3.63) is 59.7 Å². The summed E-state index contributed by atoms with van der Waals surface area (Å²) in [7, 11) is 0. The number of hydrogen-bond donors (Lipinski definition) is 2. The van der Waals surface area contributed by atoms with Gasteiger partial charge < -0.3 is 15.2 Å². The molecule has 0 saturated heterocycles. The van der Waals surface area contributed by atoms with E-state index < -0.39 is 0 Å². The Morgan fingerprint density at radius 1 is 1.15 bits per heavy atom. The molecule has 100 valence electrons. The van der Waals surface area contributed by atoms with Crippen molar-refractivity contribution in [2.75, 3.05) is 11.9 Å². The molecule has 0 fully saturated rings. The highest BCUT2D eigenvalue weighted by atomic mass is 16.5. The molecule has 0 unspecified atom stereocenters. The van der Waals surface area contributed by atoms with Crippen molar-refractivity contribution in [2.24, 2.45) is 0 Å². The van der Waals surface area contributed by atoms with Gasteiger partial charge in [-0.05, 0) is 24.3 Å². The number of aromatic hydroxyl groups is 1. The fourth-order valence-electron chi connectivity index (χ4n) is 2.04. The SMILES string of the molecule is O=C(Nc1cccc(O)c1)C1=Cc2ccccc2OC1. The van der Waals surface area contributed by atoms with Crippen LogP contribution >= 0.6 is 0 Å². The molecule has 0 atom stereocenters. The molecule has 0 radical (unpaired) electrons. The maximum absolute atomic E-state index is 12.1. The van der Waals surface area contributed by atoms with E-state index in [0.29, 0.717) is 11.3 Å². The molecule has 0 spiro atoms. The number of ether oxygens (including phenoxy) is 1. The van der Waals surface area contributed by atoms with Crippen molar-refractivity contribution in [3.63, 3.8) is 0 Å². The molecule has 20 heavy (non-hydrogen) atoms. The lowest BCUT2D eigenvalue weighted by Crippen LogP contribution is -2.21. The number of rotatable bonds is 2. The fraction of sp³-hybridized carbons (Fsp3) is 0.0625. The predicted molar refractivity (Wildman–Crippen MR) is 76.7 cm³/mol. The van der Waals surface area contributed by atoms with Gasteiger partial charge in [0, 0.05) is 17.3 Å². The van der Waals surface area contributed by atoms with Crippen LogP contribution < -0.4 is 10.1 Å². The number of nitrogens with one attached hydrogen (secondary N) is 1. The van der Waals surface area contributed by atoms with Crippen LogP contribution in [-0.2, 0) is 4.79 Å². The van der Waals surface area contributed by atoms with E-state index in [9.17, 15) is 9.90 Å². The zero-order chi connectivity index (χ0) is 13.9. The second-order valence-corrected chi connectivity index (χ2v) is 4.50. The molecule has 2 N–H and O–H groups in total. The summed E-state index contributed by atoms with van der Waals surface area (Å²) in [6, 6.07) is 14.0. The molecular formula is C16H13NO3.